The number of benzene rings is 1. The maximum absolute atomic E-state index is 12.7. The molecule has 0 saturated carbocycles. The number of imidazole rings is 1. The van der Waals surface area contributed by atoms with Gasteiger partial charge in [-0.05, 0) is 56.3 Å². The summed E-state index contributed by atoms with van der Waals surface area (Å²) in [5, 5.41) is 6.45. The summed E-state index contributed by atoms with van der Waals surface area (Å²) in [6, 6.07) is 11.7. The van der Waals surface area contributed by atoms with Crippen molar-refractivity contribution in [2.75, 3.05) is 25.9 Å². The number of nitrogens with one attached hydrogen (secondary N) is 3. The molecular weight excluding hydrogens is 424 g/mol. The van der Waals surface area contributed by atoms with Gasteiger partial charge in [0.15, 0.2) is 0 Å². The lowest BCUT2D eigenvalue weighted by molar-refractivity contribution is 0.0933. The second kappa shape index (κ2) is 8.60. The second-order valence-corrected chi connectivity index (χ2v) is 8.87. The number of methoxy groups -OCH3 is 1. The predicted octanol–water partition coefficient (Wildman–Crippen LogP) is 3.43. The van der Waals surface area contributed by atoms with E-state index in [2.05, 4.69) is 25.6 Å². The van der Waals surface area contributed by atoms with Crippen LogP contribution in [0.1, 0.15) is 22.5 Å². The Morgan fingerprint density at radius 3 is 2.88 bits per heavy atom. The Morgan fingerprint density at radius 2 is 2.06 bits per heavy atom. The molecule has 1 aromatic carbocycles. The molecule has 164 valence electrons. The van der Waals surface area contributed by atoms with E-state index >= 15 is 0 Å². The van der Waals surface area contributed by atoms with Crippen LogP contribution in [0.25, 0.3) is 32.9 Å². The maximum atomic E-state index is 12.7. The zero-order valence-corrected chi connectivity index (χ0v) is 18.5. The number of thiophene rings is 1. The zero-order chi connectivity index (χ0) is 22.1. The van der Waals surface area contributed by atoms with Crippen LogP contribution in [0.15, 0.2) is 42.6 Å². The molecule has 0 bridgehead atoms. The SMILES string of the molecule is COc1ccc2nc(-c3cc(-c4ccc(C(=O)NC5CCNCC5)s4)cnc3N)[nH]c2c1. The number of piperidine rings is 1. The van der Waals surface area contributed by atoms with Gasteiger partial charge in [0.25, 0.3) is 5.91 Å². The van der Waals surface area contributed by atoms with Crippen molar-refractivity contribution in [1.29, 1.82) is 0 Å². The number of fused-ring (bicyclic) bond motifs is 1. The number of hydrogen-bond acceptors (Lipinski definition) is 7. The van der Waals surface area contributed by atoms with Crippen LogP contribution in [0.5, 0.6) is 5.75 Å². The molecule has 32 heavy (non-hydrogen) atoms. The largest absolute Gasteiger partial charge is 0.497 e. The summed E-state index contributed by atoms with van der Waals surface area (Å²) in [5.41, 5.74) is 9.45. The van der Waals surface area contributed by atoms with Gasteiger partial charge in [0.05, 0.1) is 28.6 Å². The minimum Gasteiger partial charge on any atom is -0.497 e. The number of H-pyrrole nitrogens is 1. The lowest BCUT2D eigenvalue weighted by atomic mass is 10.1. The van der Waals surface area contributed by atoms with Gasteiger partial charge in [0.2, 0.25) is 0 Å². The Bertz CT molecular complexity index is 1270. The molecule has 9 heteroatoms. The Balaban J connectivity index is 1.41. The molecule has 1 fully saturated rings. The van der Waals surface area contributed by atoms with Gasteiger partial charge in [-0.2, -0.15) is 0 Å². The number of hydrogen-bond donors (Lipinski definition) is 4. The van der Waals surface area contributed by atoms with E-state index in [-0.39, 0.29) is 11.9 Å². The molecule has 1 aliphatic rings. The Morgan fingerprint density at radius 1 is 1.22 bits per heavy atom. The summed E-state index contributed by atoms with van der Waals surface area (Å²) in [6.45, 7) is 1.88. The lowest BCUT2D eigenvalue weighted by Crippen LogP contribution is -2.42. The summed E-state index contributed by atoms with van der Waals surface area (Å²) in [6.07, 6.45) is 3.64. The predicted molar refractivity (Wildman–Crippen MR) is 127 cm³/mol. The molecule has 0 aliphatic carbocycles. The molecule has 0 unspecified atom stereocenters. The lowest BCUT2D eigenvalue weighted by Gasteiger charge is -2.23. The summed E-state index contributed by atoms with van der Waals surface area (Å²) < 4.78 is 5.29. The van der Waals surface area contributed by atoms with Crippen LogP contribution in [0, 0.1) is 0 Å². The van der Waals surface area contributed by atoms with Crippen LogP contribution in [0.2, 0.25) is 0 Å². The van der Waals surface area contributed by atoms with Crippen LogP contribution in [-0.4, -0.2) is 47.1 Å². The molecule has 3 aromatic heterocycles. The number of aromatic nitrogens is 3. The van der Waals surface area contributed by atoms with Crippen molar-refractivity contribution in [2.24, 2.45) is 0 Å². The number of anilines is 1. The van der Waals surface area contributed by atoms with E-state index in [4.69, 9.17) is 10.5 Å². The number of carbonyl (C=O) groups is 1. The highest BCUT2D eigenvalue weighted by Crippen LogP contribution is 2.33. The highest BCUT2D eigenvalue weighted by atomic mass is 32.1. The van der Waals surface area contributed by atoms with Crippen LogP contribution in [0.4, 0.5) is 5.82 Å². The third-order valence-corrected chi connectivity index (χ3v) is 6.78. The first-order valence-corrected chi connectivity index (χ1v) is 11.3. The first-order valence-electron chi connectivity index (χ1n) is 10.5. The Hall–Kier alpha value is -3.43. The fourth-order valence-electron chi connectivity index (χ4n) is 3.88. The number of nitrogen functional groups attached to an aromatic ring is 1. The average Bonchev–Trinajstić information content (AvgIpc) is 3.47. The minimum absolute atomic E-state index is 0.0250. The number of carbonyl (C=O) groups excluding carboxylic acids is 1. The quantitative estimate of drug-likeness (QED) is 0.372. The van der Waals surface area contributed by atoms with Crippen molar-refractivity contribution in [2.45, 2.75) is 18.9 Å². The van der Waals surface area contributed by atoms with E-state index in [1.54, 1.807) is 13.3 Å². The standard InChI is InChI=1S/C23H24N6O2S/c1-31-15-2-3-17-18(11-15)29-22(28-17)16-10-13(12-26-21(16)24)19-4-5-20(32-19)23(30)27-14-6-8-25-9-7-14/h2-5,10-12,14,25H,6-9H2,1H3,(H2,24,26)(H,27,30)(H,28,29). The van der Waals surface area contributed by atoms with E-state index in [9.17, 15) is 4.79 Å². The fourth-order valence-corrected chi connectivity index (χ4v) is 4.77. The van der Waals surface area contributed by atoms with E-state index < -0.39 is 0 Å². The number of nitrogens with zero attached hydrogens (tertiary/aromatic N) is 2. The third kappa shape index (κ3) is 4.04. The summed E-state index contributed by atoms with van der Waals surface area (Å²) in [7, 11) is 1.63. The van der Waals surface area contributed by atoms with Gasteiger partial charge >= 0.3 is 0 Å². The molecular formula is C23H24N6O2S. The highest BCUT2D eigenvalue weighted by Gasteiger charge is 2.18. The number of pyridine rings is 1. The van der Waals surface area contributed by atoms with Gasteiger partial charge in [-0.25, -0.2) is 9.97 Å². The van der Waals surface area contributed by atoms with Gasteiger partial charge < -0.3 is 26.1 Å². The summed E-state index contributed by atoms with van der Waals surface area (Å²) >= 11 is 1.45. The topological polar surface area (TPSA) is 118 Å². The molecule has 5 rings (SSSR count). The molecule has 5 N–H and O–H groups in total. The molecule has 4 heterocycles. The van der Waals surface area contributed by atoms with E-state index in [0.29, 0.717) is 22.1 Å². The summed E-state index contributed by atoms with van der Waals surface area (Å²) in [5.74, 6) is 1.75. The number of amides is 1. The Labute approximate surface area is 189 Å². The average molecular weight is 449 g/mol. The van der Waals surface area contributed by atoms with Crippen molar-refractivity contribution < 1.29 is 9.53 Å². The van der Waals surface area contributed by atoms with Crippen molar-refractivity contribution in [3.63, 3.8) is 0 Å². The molecule has 1 saturated heterocycles. The molecule has 8 nitrogen and oxygen atoms in total. The third-order valence-electron chi connectivity index (χ3n) is 5.65. The number of nitrogens with two attached hydrogens (primary N) is 1. The van der Waals surface area contributed by atoms with Crippen molar-refractivity contribution >= 4 is 34.1 Å². The molecule has 4 aromatic rings. The normalized spacial score (nSPS) is 14.5. The van der Waals surface area contributed by atoms with Crippen LogP contribution >= 0.6 is 11.3 Å². The van der Waals surface area contributed by atoms with Gasteiger partial charge in [0, 0.05) is 28.7 Å². The number of aromatic amines is 1. The first-order chi connectivity index (χ1) is 15.6. The first kappa shape index (κ1) is 20.5. The van der Waals surface area contributed by atoms with Crippen molar-refractivity contribution in [3.8, 4) is 27.6 Å². The van der Waals surface area contributed by atoms with E-state index in [1.165, 1.54) is 11.3 Å². The fraction of sp³-hybridized carbons (Fsp3) is 0.261. The number of ether oxygens (including phenoxy) is 1. The van der Waals surface area contributed by atoms with Gasteiger partial charge in [-0.1, -0.05) is 0 Å². The maximum Gasteiger partial charge on any atom is 0.261 e. The summed E-state index contributed by atoms with van der Waals surface area (Å²) in [4.78, 5) is 26.6. The van der Waals surface area contributed by atoms with E-state index in [1.807, 2.05) is 36.4 Å². The zero-order valence-electron chi connectivity index (χ0n) is 17.6. The second-order valence-electron chi connectivity index (χ2n) is 7.79. The molecule has 0 atom stereocenters. The van der Waals surface area contributed by atoms with E-state index in [0.717, 1.165) is 53.2 Å². The van der Waals surface area contributed by atoms with Crippen LogP contribution < -0.4 is 21.1 Å². The molecule has 1 aliphatic heterocycles. The number of rotatable bonds is 5. The molecule has 0 radical (unpaired) electrons. The van der Waals surface area contributed by atoms with Crippen LogP contribution in [-0.2, 0) is 0 Å². The van der Waals surface area contributed by atoms with Gasteiger partial charge in [-0.15, -0.1) is 11.3 Å². The Kier molecular flexibility index (Phi) is 5.50. The highest BCUT2D eigenvalue weighted by molar-refractivity contribution is 7.17. The smallest absolute Gasteiger partial charge is 0.261 e. The minimum atomic E-state index is -0.0250. The van der Waals surface area contributed by atoms with Crippen LogP contribution in [0.3, 0.4) is 0 Å². The van der Waals surface area contributed by atoms with Crippen molar-refractivity contribution in [3.05, 3.63) is 47.5 Å². The molecule has 0 spiro atoms. The van der Waals surface area contributed by atoms with Gasteiger partial charge in [-0.3, -0.25) is 4.79 Å². The monoisotopic (exact) mass is 448 g/mol. The van der Waals surface area contributed by atoms with Gasteiger partial charge in [0.1, 0.15) is 17.4 Å². The molecule has 1 amide bonds. The van der Waals surface area contributed by atoms with Crippen molar-refractivity contribution in [1.82, 2.24) is 25.6 Å².